The summed E-state index contributed by atoms with van der Waals surface area (Å²) in [6, 6.07) is 4.95. The molecule has 0 saturated carbocycles. The third-order valence-corrected chi connectivity index (χ3v) is 2.55. The molecule has 0 aliphatic heterocycles. The quantitative estimate of drug-likeness (QED) is 0.796. The van der Waals surface area contributed by atoms with E-state index in [9.17, 15) is 18.0 Å². The van der Waals surface area contributed by atoms with Gasteiger partial charge in [-0.3, -0.25) is 4.79 Å². The SMILES string of the molecule is CC(C)(C)OC(=O)CCc1ccc(C#N)c(C(F)(F)F)c1. The summed E-state index contributed by atoms with van der Waals surface area (Å²) < 4.78 is 43.5. The lowest BCUT2D eigenvalue weighted by atomic mass is 10.0. The molecule has 0 amide bonds. The largest absolute Gasteiger partial charge is 0.460 e. The van der Waals surface area contributed by atoms with Crippen LogP contribution in [0.3, 0.4) is 0 Å². The number of rotatable bonds is 3. The molecule has 1 aromatic carbocycles. The highest BCUT2D eigenvalue weighted by Gasteiger charge is 2.33. The number of esters is 1. The van der Waals surface area contributed by atoms with Crippen molar-refractivity contribution in [2.75, 3.05) is 0 Å². The Morgan fingerprint density at radius 3 is 2.38 bits per heavy atom. The lowest BCUT2D eigenvalue weighted by molar-refractivity contribution is -0.154. The Kier molecular flexibility index (Phi) is 5.00. The topological polar surface area (TPSA) is 50.1 Å². The summed E-state index contributed by atoms with van der Waals surface area (Å²) in [6.07, 6.45) is -4.48. The molecule has 6 heteroatoms. The number of nitrogens with zero attached hydrogens (tertiary/aromatic N) is 1. The predicted molar refractivity (Wildman–Crippen MR) is 70.3 cm³/mol. The van der Waals surface area contributed by atoms with E-state index >= 15 is 0 Å². The van der Waals surface area contributed by atoms with Gasteiger partial charge in [0.1, 0.15) is 5.60 Å². The molecule has 0 N–H and O–H groups in total. The Labute approximate surface area is 121 Å². The number of hydrogen-bond acceptors (Lipinski definition) is 3. The molecule has 21 heavy (non-hydrogen) atoms. The van der Waals surface area contributed by atoms with Crippen LogP contribution in [-0.4, -0.2) is 11.6 Å². The Morgan fingerprint density at radius 2 is 1.90 bits per heavy atom. The van der Waals surface area contributed by atoms with Gasteiger partial charge >= 0.3 is 12.1 Å². The van der Waals surface area contributed by atoms with Crippen molar-refractivity contribution in [1.82, 2.24) is 0 Å². The number of hydrogen-bond donors (Lipinski definition) is 0. The minimum Gasteiger partial charge on any atom is -0.460 e. The van der Waals surface area contributed by atoms with Gasteiger partial charge in [-0.2, -0.15) is 18.4 Å². The molecule has 0 radical (unpaired) electrons. The van der Waals surface area contributed by atoms with E-state index in [4.69, 9.17) is 10.00 Å². The zero-order valence-electron chi connectivity index (χ0n) is 12.0. The lowest BCUT2D eigenvalue weighted by Gasteiger charge is -2.19. The van der Waals surface area contributed by atoms with Gasteiger partial charge in [0.25, 0.3) is 0 Å². The Bertz CT molecular complexity index is 566. The van der Waals surface area contributed by atoms with Gasteiger partial charge in [0.2, 0.25) is 0 Å². The molecule has 0 atom stereocenters. The van der Waals surface area contributed by atoms with Crippen LogP contribution in [0.15, 0.2) is 18.2 Å². The van der Waals surface area contributed by atoms with Crippen molar-refractivity contribution in [3.05, 3.63) is 34.9 Å². The maximum absolute atomic E-state index is 12.8. The fourth-order valence-electron chi connectivity index (χ4n) is 1.72. The van der Waals surface area contributed by atoms with Crippen LogP contribution in [0.4, 0.5) is 13.2 Å². The minimum atomic E-state index is -4.59. The molecule has 114 valence electrons. The van der Waals surface area contributed by atoms with Crippen LogP contribution in [0.5, 0.6) is 0 Å². The molecule has 0 bridgehead atoms. The van der Waals surface area contributed by atoms with Crippen molar-refractivity contribution < 1.29 is 22.7 Å². The van der Waals surface area contributed by atoms with Gasteiger partial charge in [-0.1, -0.05) is 6.07 Å². The number of carbonyl (C=O) groups is 1. The van der Waals surface area contributed by atoms with Gasteiger partial charge < -0.3 is 4.74 Å². The van der Waals surface area contributed by atoms with E-state index in [2.05, 4.69) is 0 Å². The summed E-state index contributed by atoms with van der Waals surface area (Å²) in [5, 5.41) is 8.69. The van der Waals surface area contributed by atoms with Crippen LogP contribution in [0.2, 0.25) is 0 Å². The van der Waals surface area contributed by atoms with Gasteiger partial charge in [-0.05, 0) is 44.9 Å². The van der Waals surface area contributed by atoms with Crippen molar-refractivity contribution in [2.24, 2.45) is 0 Å². The van der Waals surface area contributed by atoms with Crippen molar-refractivity contribution in [3.8, 4) is 6.07 Å². The molecule has 0 aromatic heterocycles. The molecular formula is C15H16F3NO2. The maximum atomic E-state index is 12.8. The average molecular weight is 299 g/mol. The van der Waals surface area contributed by atoms with Crippen LogP contribution in [0.25, 0.3) is 0 Å². The number of benzene rings is 1. The molecule has 1 rings (SSSR count). The zero-order valence-corrected chi connectivity index (χ0v) is 12.0. The molecule has 0 heterocycles. The fourth-order valence-corrected chi connectivity index (χ4v) is 1.72. The Morgan fingerprint density at radius 1 is 1.29 bits per heavy atom. The number of carbonyl (C=O) groups excluding carboxylic acids is 1. The first-order valence-corrected chi connectivity index (χ1v) is 6.35. The number of alkyl halides is 3. The monoisotopic (exact) mass is 299 g/mol. The predicted octanol–water partition coefficient (Wildman–Crippen LogP) is 3.85. The van der Waals surface area contributed by atoms with Crippen LogP contribution in [0.1, 0.15) is 43.9 Å². The lowest BCUT2D eigenvalue weighted by Crippen LogP contribution is -2.24. The van der Waals surface area contributed by atoms with E-state index in [-0.39, 0.29) is 12.8 Å². The second-order valence-electron chi connectivity index (χ2n) is 5.58. The van der Waals surface area contributed by atoms with E-state index in [1.807, 2.05) is 0 Å². The number of nitriles is 1. The van der Waals surface area contributed by atoms with Crippen LogP contribution < -0.4 is 0 Å². The first kappa shape index (κ1) is 17.0. The standard InChI is InChI=1S/C15H16F3NO2/c1-14(2,3)21-13(20)7-5-10-4-6-11(9-19)12(8-10)15(16,17)18/h4,6,8H,5,7H2,1-3H3. The zero-order chi connectivity index (χ0) is 16.3. The molecule has 3 nitrogen and oxygen atoms in total. The summed E-state index contributed by atoms with van der Waals surface area (Å²) in [4.78, 5) is 11.5. The average Bonchev–Trinajstić information content (AvgIpc) is 2.33. The molecule has 0 spiro atoms. The maximum Gasteiger partial charge on any atom is 0.417 e. The Hall–Kier alpha value is -2.03. The van der Waals surface area contributed by atoms with Crippen molar-refractivity contribution in [1.29, 1.82) is 5.26 Å². The number of aryl methyl sites for hydroxylation is 1. The first-order valence-electron chi connectivity index (χ1n) is 6.35. The summed E-state index contributed by atoms with van der Waals surface area (Å²) in [5.74, 6) is -0.472. The summed E-state index contributed by atoms with van der Waals surface area (Å²) in [7, 11) is 0. The first-order chi connectivity index (χ1) is 9.53. The highest BCUT2D eigenvalue weighted by atomic mass is 19.4. The normalized spacial score (nSPS) is 11.9. The van der Waals surface area contributed by atoms with Gasteiger partial charge in [-0.25, -0.2) is 0 Å². The molecule has 1 aromatic rings. The molecule has 0 aliphatic carbocycles. The minimum absolute atomic E-state index is 0.0134. The molecule has 0 aliphatic rings. The van der Waals surface area contributed by atoms with E-state index in [1.165, 1.54) is 12.1 Å². The fraction of sp³-hybridized carbons (Fsp3) is 0.467. The second kappa shape index (κ2) is 6.17. The van der Waals surface area contributed by atoms with E-state index in [0.717, 1.165) is 12.1 Å². The van der Waals surface area contributed by atoms with Gasteiger partial charge in [0, 0.05) is 6.42 Å². The van der Waals surface area contributed by atoms with E-state index < -0.39 is 28.9 Å². The highest BCUT2D eigenvalue weighted by Crippen LogP contribution is 2.32. The van der Waals surface area contributed by atoms with Crippen LogP contribution in [-0.2, 0) is 22.1 Å². The summed E-state index contributed by atoms with van der Waals surface area (Å²) in [5.41, 5.74) is -1.69. The van der Waals surface area contributed by atoms with Gasteiger partial charge in [0.15, 0.2) is 0 Å². The second-order valence-corrected chi connectivity index (χ2v) is 5.58. The Balaban J connectivity index is 2.83. The summed E-state index contributed by atoms with van der Waals surface area (Å²) >= 11 is 0. The van der Waals surface area contributed by atoms with Gasteiger partial charge in [0.05, 0.1) is 17.2 Å². The van der Waals surface area contributed by atoms with Crippen molar-refractivity contribution in [2.45, 2.75) is 45.4 Å². The number of ether oxygens (including phenoxy) is 1. The molecule has 0 unspecified atom stereocenters. The van der Waals surface area contributed by atoms with Crippen molar-refractivity contribution >= 4 is 5.97 Å². The summed E-state index contributed by atoms with van der Waals surface area (Å²) in [6.45, 7) is 5.15. The van der Waals surface area contributed by atoms with Gasteiger partial charge in [-0.15, -0.1) is 0 Å². The van der Waals surface area contributed by atoms with Crippen LogP contribution in [0, 0.1) is 11.3 Å². The van der Waals surface area contributed by atoms with Crippen molar-refractivity contribution in [3.63, 3.8) is 0 Å². The highest BCUT2D eigenvalue weighted by molar-refractivity contribution is 5.70. The van der Waals surface area contributed by atoms with Crippen LogP contribution >= 0.6 is 0 Å². The smallest absolute Gasteiger partial charge is 0.417 e. The third-order valence-electron chi connectivity index (χ3n) is 2.55. The molecular weight excluding hydrogens is 283 g/mol. The van der Waals surface area contributed by atoms with E-state index in [0.29, 0.717) is 5.56 Å². The number of halogens is 3. The third kappa shape index (κ3) is 5.46. The molecule has 0 fully saturated rings. The molecule has 0 saturated heterocycles. The van der Waals surface area contributed by atoms with E-state index in [1.54, 1.807) is 20.8 Å².